The summed E-state index contributed by atoms with van der Waals surface area (Å²) in [5, 5.41) is -0.394. The highest BCUT2D eigenvalue weighted by Crippen LogP contribution is 2.17. The van der Waals surface area contributed by atoms with Crippen LogP contribution in [0.2, 0.25) is 0 Å². The highest BCUT2D eigenvalue weighted by Gasteiger charge is 2.14. The lowest BCUT2D eigenvalue weighted by molar-refractivity contribution is -0.112. The molecule has 1 atom stereocenters. The molecule has 1 rings (SSSR count). The van der Waals surface area contributed by atoms with Gasteiger partial charge in [0.05, 0.1) is 12.2 Å². The molecule has 0 amide bonds. The van der Waals surface area contributed by atoms with Gasteiger partial charge in [-0.3, -0.25) is 4.79 Å². The van der Waals surface area contributed by atoms with E-state index in [0.717, 1.165) is 0 Å². The SMILES string of the molecule is CC(C(=O)Cl)c1ccco1. The van der Waals surface area contributed by atoms with Gasteiger partial charge in [0.15, 0.2) is 0 Å². The summed E-state index contributed by atoms with van der Waals surface area (Å²) in [6.07, 6.45) is 1.52. The Hall–Kier alpha value is -0.760. The minimum Gasteiger partial charge on any atom is -0.469 e. The lowest BCUT2D eigenvalue weighted by Crippen LogP contribution is -1.99. The third kappa shape index (κ3) is 1.39. The first-order valence-corrected chi connectivity index (χ1v) is 3.32. The Bertz CT molecular complexity index is 216. The van der Waals surface area contributed by atoms with Crippen LogP contribution in [0, 0.1) is 0 Å². The second-order valence-corrected chi connectivity index (χ2v) is 2.41. The first-order chi connectivity index (χ1) is 4.72. The van der Waals surface area contributed by atoms with Crippen LogP contribution < -0.4 is 0 Å². The van der Waals surface area contributed by atoms with Gasteiger partial charge in [-0.2, -0.15) is 0 Å². The van der Waals surface area contributed by atoms with Gasteiger partial charge in [0.2, 0.25) is 5.24 Å². The van der Waals surface area contributed by atoms with Gasteiger partial charge < -0.3 is 4.42 Å². The van der Waals surface area contributed by atoms with Crippen LogP contribution in [0.3, 0.4) is 0 Å². The molecule has 0 N–H and O–H groups in total. The molecule has 0 saturated carbocycles. The number of rotatable bonds is 2. The average molecular weight is 159 g/mol. The first kappa shape index (κ1) is 7.35. The molecular weight excluding hydrogens is 152 g/mol. The minimum absolute atomic E-state index is 0.336. The predicted octanol–water partition coefficient (Wildman–Crippen LogP) is 2.15. The Kier molecular flexibility index (Phi) is 2.12. The molecule has 3 heteroatoms. The molecular formula is C7H7ClO2. The van der Waals surface area contributed by atoms with Crippen LogP contribution in [0.25, 0.3) is 0 Å². The van der Waals surface area contributed by atoms with Gasteiger partial charge in [0.1, 0.15) is 5.76 Å². The van der Waals surface area contributed by atoms with Crippen molar-refractivity contribution in [2.75, 3.05) is 0 Å². The van der Waals surface area contributed by atoms with Crippen molar-refractivity contribution in [3.8, 4) is 0 Å². The smallest absolute Gasteiger partial charge is 0.232 e. The van der Waals surface area contributed by atoms with E-state index in [0.29, 0.717) is 5.76 Å². The van der Waals surface area contributed by atoms with E-state index in [1.807, 2.05) is 0 Å². The summed E-state index contributed by atoms with van der Waals surface area (Å²) < 4.78 is 4.95. The summed E-state index contributed by atoms with van der Waals surface area (Å²) in [6, 6.07) is 3.45. The molecule has 0 aliphatic heterocycles. The predicted molar refractivity (Wildman–Crippen MR) is 38.0 cm³/mol. The third-order valence-corrected chi connectivity index (χ3v) is 1.64. The fourth-order valence-electron chi connectivity index (χ4n) is 0.650. The Morgan fingerprint density at radius 3 is 2.90 bits per heavy atom. The van der Waals surface area contributed by atoms with Crippen LogP contribution in [0.4, 0.5) is 0 Å². The van der Waals surface area contributed by atoms with E-state index in [2.05, 4.69) is 0 Å². The molecule has 0 spiro atoms. The topological polar surface area (TPSA) is 30.2 Å². The molecule has 1 aromatic rings. The van der Waals surface area contributed by atoms with Gasteiger partial charge in [-0.25, -0.2) is 0 Å². The Morgan fingerprint density at radius 1 is 1.80 bits per heavy atom. The summed E-state index contributed by atoms with van der Waals surface area (Å²) in [7, 11) is 0. The maximum atomic E-state index is 10.5. The number of carbonyl (C=O) groups excluding carboxylic acids is 1. The van der Waals surface area contributed by atoms with Crippen LogP contribution in [0.5, 0.6) is 0 Å². The second kappa shape index (κ2) is 2.88. The Labute approximate surface area is 63.8 Å². The molecule has 1 aromatic heterocycles. The van der Waals surface area contributed by atoms with Crippen molar-refractivity contribution < 1.29 is 9.21 Å². The van der Waals surface area contributed by atoms with Gasteiger partial charge in [0, 0.05) is 0 Å². The minimum atomic E-state index is -0.394. The van der Waals surface area contributed by atoms with Gasteiger partial charge in [-0.15, -0.1) is 0 Å². The fraction of sp³-hybridized carbons (Fsp3) is 0.286. The molecule has 0 saturated heterocycles. The normalized spacial score (nSPS) is 13.0. The standard InChI is InChI=1S/C7H7ClO2/c1-5(7(8)9)6-3-2-4-10-6/h2-5H,1H3. The quantitative estimate of drug-likeness (QED) is 0.618. The molecule has 1 unspecified atom stereocenters. The monoisotopic (exact) mass is 158 g/mol. The van der Waals surface area contributed by atoms with Crippen molar-refractivity contribution in [1.29, 1.82) is 0 Å². The van der Waals surface area contributed by atoms with Gasteiger partial charge in [-0.1, -0.05) is 0 Å². The number of hydrogen-bond donors (Lipinski definition) is 0. The van der Waals surface area contributed by atoms with E-state index in [1.54, 1.807) is 19.1 Å². The summed E-state index contributed by atoms with van der Waals surface area (Å²) >= 11 is 5.22. The molecule has 0 fully saturated rings. The van der Waals surface area contributed by atoms with Crippen LogP contribution in [-0.4, -0.2) is 5.24 Å². The molecule has 0 radical (unpaired) electrons. The highest BCUT2D eigenvalue weighted by molar-refractivity contribution is 6.64. The lowest BCUT2D eigenvalue weighted by Gasteiger charge is -1.98. The summed E-state index contributed by atoms with van der Waals surface area (Å²) in [6.45, 7) is 1.70. The number of halogens is 1. The summed E-state index contributed by atoms with van der Waals surface area (Å²) in [4.78, 5) is 10.5. The average Bonchev–Trinajstić information content (AvgIpc) is 2.36. The largest absolute Gasteiger partial charge is 0.469 e. The Morgan fingerprint density at radius 2 is 2.50 bits per heavy atom. The van der Waals surface area contributed by atoms with Crippen molar-refractivity contribution in [2.24, 2.45) is 0 Å². The number of carbonyl (C=O) groups is 1. The zero-order valence-electron chi connectivity index (χ0n) is 5.50. The molecule has 54 valence electrons. The van der Waals surface area contributed by atoms with Crippen LogP contribution in [0.15, 0.2) is 22.8 Å². The van der Waals surface area contributed by atoms with Crippen LogP contribution >= 0.6 is 11.6 Å². The second-order valence-electron chi connectivity index (χ2n) is 2.04. The molecule has 0 aromatic carbocycles. The van der Waals surface area contributed by atoms with Crippen molar-refractivity contribution >= 4 is 16.8 Å². The Balaban J connectivity index is 2.77. The van der Waals surface area contributed by atoms with Crippen molar-refractivity contribution in [3.05, 3.63) is 24.2 Å². The molecule has 0 aliphatic rings. The van der Waals surface area contributed by atoms with E-state index in [4.69, 9.17) is 16.0 Å². The lowest BCUT2D eigenvalue weighted by atomic mass is 10.1. The maximum Gasteiger partial charge on any atom is 0.232 e. The molecule has 0 aliphatic carbocycles. The van der Waals surface area contributed by atoms with E-state index in [9.17, 15) is 4.79 Å². The van der Waals surface area contributed by atoms with Gasteiger partial charge in [-0.05, 0) is 30.7 Å². The van der Waals surface area contributed by atoms with E-state index >= 15 is 0 Å². The van der Waals surface area contributed by atoms with Gasteiger partial charge in [0.25, 0.3) is 0 Å². The van der Waals surface area contributed by atoms with Crippen molar-refractivity contribution in [1.82, 2.24) is 0 Å². The number of hydrogen-bond acceptors (Lipinski definition) is 2. The fourth-order valence-corrected chi connectivity index (χ4v) is 0.757. The zero-order valence-corrected chi connectivity index (χ0v) is 6.26. The molecule has 1 heterocycles. The van der Waals surface area contributed by atoms with E-state index < -0.39 is 5.24 Å². The van der Waals surface area contributed by atoms with Crippen LogP contribution in [-0.2, 0) is 4.79 Å². The van der Waals surface area contributed by atoms with E-state index in [1.165, 1.54) is 6.26 Å². The van der Waals surface area contributed by atoms with Crippen molar-refractivity contribution in [3.63, 3.8) is 0 Å². The summed E-state index contributed by atoms with van der Waals surface area (Å²) in [5.41, 5.74) is 0. The number of furan rings is 1. The molecule has 0 bridgehead atoms. The van der Waals surface area contributed by atoms with Crippen LogP contribution in [0.1, 0.15) is 18.6 Å². The highest BCUT2D eigenvalue weighted by atomic mass is 35.5. The van der Waals surface area contributed by atoms with E-state index in [-0.39, 0.29) is 5.92 Å². The zero-order chi connectivity index (χ0) is 7.56. The van der Waals surface area contributed by atoms with Gasteiger partial charge >= 0.3 is 0 Å². The third-order valence-electron chi connectivity index (χ3n) is 1.31. The summed E-state index contributed by atoms with van der Waals surface area (Å²) in [5.74, 6) is 0.275. The van der Waals surface area contributed by atoms with Crippen molar-refractivity contribution in [2.45, 2.75) is 12.8 Å². The first-order valence-electron chi connectivity index (χ1n) is 2.94. The molecule has 10 heavy (non-hydrogen) atoms. The molecule has 2 nitrogen and oxygen atoms in total. The maximum absolute atomic E-state index is 10.5.